The van der Waals surface area contributed by atoms with E-state index in [1.54, 1.807) is 87.2 Å². The first kappa shape index (κ1) is 81.9. The first-order chi connectivity index (χ1) is 46.9. The molecule has 9 atom stereocenters. The van der Waals surface area contributed by atoms with Gasteiger partial charge in [0.2, 0.25) is 70.9 Å². The summed E-state index contributed by atoms with van der Waals surface area (Å²) >= 11 is 6.22. The Morgan fingerprint density at radius 2 is 1.10 bits per heavy atom. The fourth-order valence-corrected chi connectivity index (χ4v) is 12.0. The van der Waals surface area contributed by atoms with Crippen LogP contribution in [0, 0.1) is 17.8 Å². The van der Waals surface area contributed by atoms with Crippen LogP contribution < -0.4 is 26.0 Å². The van der Waals surface area contributed by atoms with Crippen molar-refractivity contribution in [3.05, 3.63) is 101 Å². The number of halogens is 4. The lowest BCUT2D eigenvalue weighted by atomic mass is 9.97. The number of hydrogen-bond acceptors (Lipinski definition) is 13. The standard InChI is InChI=1S/C71H100ClF3N12O13/c1-15-45(6)62-70(99)82(10)41-60(90)80(8)42-61(91)84(12)56(38-48-27-29-50(72)30-28-48)68(97)81(9)40-58(88)76-52(36-49-25-22-26-51(35-49)100-71(73,74)75)64(93)77-53(33-43(2)3)66(95)86(14)57(37-47-23-18-16-19-24-47)69(98)85(13)55(34-44(4)5)65(94)78-54(67(96)87-31-20-17-21-32-87)39-59(89)83(11)46(7)63(92)79-62/h16,18-19,22-30,35,43-46,52-57,62H,15,17,20-21,31-34,36-42H2,1-14H3,(H,76,88)(H,77,93)(H,78,94)(H,79,92)/t45-,46-,52-,53-,54-,55-,56-,57-,62-/m0/s1. The summed E-state index contributed by atoms with van der Waals surface area (Å²) in [6.45, 7) is 10.8. The molecule has 12 amide bonds. The quantitative estimate of drug-likeness (QED) is 0.174. The second kappa shape index (κ2) is 37.6. The number of likely N-dealkylation sites (tertiary alicyclic amines) is 1. The summed E-state index contributed by atoms with van der Waals surface area (Å²) in [5.41, 5.74) is 1.18. The van der Waals surface area contributed by atoms with Gasteiger partial charge in [-0.05, 0) is 97.7 Å². The van der Waals surface area contributed by atoms with Crippen LogP contribution in [0.4, 0.5) is 13.2 Å². The van der Waals surface area contributed by atoms with Gasteiger partial charge in [0.15, 0.2) is 0 Å². The fourth-order valence-electron chi connectivity index (χ4n) is 11.9. The van der Waals surface area contributed by atoms with Crippen molar-refractivity contribution in [1.82, 2.24) is 60.5 Å². The molecule has 0 radical (unpaired) electrons. The minimum atomic E-state index is -5.11. The molecule has 0 aliphatic carbocycles. The van der Waals surface area contributed by atoms with Gasteiger partial charge in [0.25, 0.3) is 0 Å². The number of nitrogens with one attached hydrogen (secondary N) is 4. The molecule has 2 aliphatic rings. The number of alkyl halides is 3. The molecule has 3 aromatic carbocycles. The van der Waals surface area contributed by atoms with Gasteiger partial charge in [-0.25, -0.2) is 0 Å². The second-order valence-electron chi connectivity index (χ2n) is 27.2. The molecular formula is C71H100ClF3N12O13. The first-order valence-electron chi connectivity index (χ1n) is 33.8. The van der Waals surface area contributed by atoms with E-state index < -0.39 is 170 Å². The second-order valence-corrected chi connectivity index (χ2v) is 27.6. The van der Waals surface area contributed by atoms with E-state index >= 15 is 19.2 Å². The summed E-state index contributed by atoms with van der Waals surface area (Å²) in [5, 5.41) is 11.3. The van der Waals surface area contributed by atoms with Crippen LogP contribution in [0.1, 0.15) is 110 Å². The monoisotopic (exact) mass is 1420 g/mol. The molecule has 25 nitrogen and oxygen atoms in total. The Balaban J connectivity index is 1.66. The molecule has 100 heavy (non-hydrogen) atoms. The number of piperidine rings is 1. The highest BCUT2D eigenvalue weighted by Crippen LogP contribution is 2.26. The van der Waals surface area contributed by atoms with Crippen LogP contribution in [-0.2, 0) is 76.8 Å². The third-order valence-corrected chi connectivity index (χ3v) is 18.6. The van der Waals surface area contributed by atoms with Crippen molar-refractivity contribution >= 4 is 82.5 Å². The molecule has 5 rings (SSSR count). The van der Waals surface area contributed by atoms with Crippen molar-refractivity contribution < 1.29 is 75.4 Å². The largest absolute Gasteiger partial charge is 0.573 e. The third kappa shape index (κ3) is 23.9. The SMILES string of the molecule is CC[C@H](C)[C@@H]1NC(=O)[C@H](C)N(C)C(=O)C[C@@H](C(=O)N2CCCCC2)NC(=O)[C@H](CC(C)C)N(C)C(=O)[C@H](Cc2ccccc2)N(C)C(=O)[C@H](CC(C)C)NC(=O)[C@H](Cc2cccc(OC(F)(F)F)c2)NC(=O)CN(C)C(=O)[C@H](Cc2ccc(Cl)cc2)N(C)C(=O)CN(C)C(=O)CN(C)C1=O. The van der Waals surface area contributed by atoms with Crippen molar-refractivity contribution in [2.24, 2.45) is 17.8 Å². The maximum absolute atomic E-state index is 15.5. The van der Waals surface area contributed by atoms with Crippen LogP contribution in [0.3, 0.4) is 0 Å². The van der Waals surface area contributed by atoms with Crippen molar-refractivity contribution in [1.29, 1.82) is 0 Å². The van der Waals surface area contributed by atoms with Gasteiger partial charge in [-0.3, -0.25) is 57.5 Å². The van der Waals surface area contributed by atoms with Crippen LogP contribution in [0.2, 0.25) is 5.02 Å². The number of nitrogens with zero attached hydrogens (tertiary/aromatic N) is 8. The minimum Gasteiger partial charge on any atom is -0.406 e. The fraction of sp³-hybridized carbons (Fsp3) is 0.577. The molecule has 2 saturated heterocycles. The molecular weight excluding hydrogens is 1320 g/mol. The maximum atomic E-state index is 15.5. The van der Waals surface area contributed by atoms with Gasteiger partial charge in [-0.2, -0.15) is 0 Å². The van der Waals surface area contributed by atoms with Gasteiger partial charge in [0, 0.05) is 86.7 Å². The maximum Gasteiger partial charge on any atom is 0.573 e. The minimum absolute atomic E-state index is 0.0185. The highest BCUT2D eigenvalue weighted by Gasteiger charge is 2.42. The van der Waals surface area contributed by atoms with Gasteiger partial charge in [0.05, 0.1) is 26.1 Å². The van der Waals surface area contributed by atoms with E-state index in [1.807, 2.05) is 13.8 Å². The Morgan fingerprint density at radius 1 is 0.540 bits per heavy atom. The molecule has 0 saturated carbocycles. The summed E-state index contributed by atoms with van der Waals surface area (Å²) in [4.78, 5) is 185. The van der Waals surface area contributed by atoms with Gasteiger partial charge in [-0.1, -0.05) is 114 Å². The van der Waals surface area contributed by atoms with E-state index in [0.29, 0.717) is 48.5 Å². The summed E-state index contributed by atoms with van der Waals surface area (Å²) in [6.07, 6.45) is -4.05. The molecule has 2 heterocycles. The lowest BCUT2D eigenvalue weighted by molar-refractivity contribution is -0.274. The molecule has 0 aromatic heterocycles. The molecule has 4 N–H and O–H groups in total. The van der Waals surface area contributed by atoms with Crippen molar-refractivity contribution in [3.8, 4) is 5.75 Å². The number of likely N-dealkylation sites (N-methyl/N-ethyl adjacent to an activating group) is 7. The highest BCUT2D eigenvalue weighted by atomic mass is 35.5. The van der Waals surface area contributed by atoms with E-state index in [9.17, 15) is 51.5 Å². The van der Waals surface area contributed by atoms with E-state index in [4.69, 9.17) is 11.6 Å². The van der Waals surface area contributed by atoms with Gasteiger partial charge >= 0.3 is 6.36 Å². The normalized spacial score (nSPS) is 23.5. The average Bonchev–Trinajstić information content (AvgIpc) is 0.763. The van der Waals surface area contributed by atoms with E-state index in [-0.39, 0.29) is 43.1 Å². The summed E-state index contributed by atoms with van der Waals surface area (Å²) in [6, 6.07) is 8.43. The number of carbonyl (C=O) groups is 12. The lowest BCUT2D eigenvalue weighted by Crippen LogP contribution is -2.61. The molecule has 550 valence electrons. The Kier molecular flexibility index (Phi) is 30.7. The number of ether oxygens (including phenoxy) is 1. The molecule has 2 aliphatic heterocycles. The predicted molar refractivity (Wildman–Crippen MR) is 368 cm³/mol. The smallest absolute Gasteiger partial charge is 0.406 e. The average molecular weight is 1420 g/mol. The number of amides is 12. The Hall–Kier alpha value is -8.82. The zero-order valence-electron chi connectivity index (χ0n) is 59.9. The zero-order valence-corrected chi connectivity index (χ0v) is 60.6. The number of rotatable bonds is 14. The molecule has 2 fully saturated rings. The van der Waals surface area contributed by atoms with Crippen LogP contribution in [0.25, 0.3) is 0 Å². The van der Waals surface area contributed by atoms with E-state index in [0.717, 1.165) is 48.0 Å². The summed E-state index contributed by atoms with van der Waals surface area (Å²) < 4.78 is 44.9. The predicted octanol–water partition coefficient (Wildman–Crippen LogP) is 4.46. The van der Waals surface area contributed by atoms with E-state index in [1.165, 1.54) is 73.3 Å². The van der Waals surface area contributed by atoms with Crippen LogP contribution in [0.5, 0.6) is 5.75 Å². The Morgan fingerprint density at radius 3 is 1.69 bits per heavy atom. The zero-order chi connectivity index (χ0) is 74.6. The Labute approximate surface area is 589 Å². The Bertz CT molecular complexity index is 3360. The van der Waals surface area contributed by atoms with Crippen molar-refractivity contribution in [3.63, 3.8) is 0 Å². The van der Waals surface area contributed by atoms with Crippen LogP contribution in [0.15, 0.2) is 78.9 Å². The highest BCUT2D eigenvalue weighted by molar-refractivity contribution is 6.30. The topological polar surface area (TPSA) is 288 Å². The number of carbonyl (C=O) groups excluding carboxylic acids is 12. The summed E-state index contributed by atoms with van der Waals surface area (Å²) in [5.74, 6) is -11.1. The van der Waals surface area contributed by atoms with Gasteiger partial charge < -0.3 is 65.2 Å². The first-order valence-corrected chi connectivity index (χ1v) is 34.2. The molecule has 29 heteroatoms. The lowest BCUT2D eigenvalue weighted by Gasteiger charge is -2.37. The van der Waals surface area contributed by atoms with Gasteiger partial charge in [-0.15, -0.1) is 13.2 Å². The van der Waals surface area contributed by atoms with Gasteiger partial charge in [0.1, 0.15) is 54.1 Å². The van der Waals surface area contributed by atoms with Crippen molar-refractivity contribution in [2.45, 2.75) is 167 Å². The van der Waals surface area contributed by atoms with Crippen LogP contribution in [-0.4, -0.2) is 247 Å². The van der Waals surface area contributed by atoms with E-state index in [2.05, 4.69) is 26.0 Å². The summed E-state index contributed by atoms with van der Waals surface area (Å²) in [7, 11) is 9.30. The molecule has 0 bridgehead atoms. The number of hydrogen-bond donors (Lipinski definition) is 4. The molecule has 0 spiro atoms. The van der Waals surface area contributed by atoms with Crippen molar-refractivity contribution in [2.75, 3.05) is 82.1 Å². The molecule has 3 aromatic rings. The molecule has 0 unspecified atom stereocenters. The van der Waals surface area contributed by atoms with Crippen LogP contribution >= 0.6 is 11.6 Å². The third-order valence-electron chi connectivity index (χ3n) is 18.3. The number of benzene rings is 3.